The third kappa shape index (κ3) is 0.500. The number of hydrogen-bond donors (Lipinski definition) is 0. The molecule has 0 heteroatoms. The zero-order chi connectivity index (χ0) is 5.84. The van der Waals surface area contributed by atoms with Gasteiger partial charge in [-0.3, -0.25) is 0 Å². The summed E-state index contributed by atoms with van der Waals surface area (Å²) in [5.74, 6) is 4.88. The zero-order valence-corrected chi connectivity index (χ0v) is 5.84. The van der Waals surface area contributed by atoms with Gasteiger partial charge in [0.15, 0.2) is 0 Å². The van der Waals surface area contributed by atoms with Crippen molar-refractivity contribution in [2.75, 3.05) is 0 Å². The van der Waals surface area contributed by atoms with Gasteiger partial charge in [-0.05, 0) is 55.8 Å². The summed E-state index contributed by atoms with van der Waals surface area (Å²) in [6.45, 7) is 0. The second kappa shape index (κ2) is 1.36. The summed E-state index contributed by atoms with van der Waals surface area (Å²) in [4.78, 5) is 0. The monoisotopic (exact) mass is 122 g/mol. The predicted octanol–water partition coefficient (Wildman–Crippen LogP) is 2.44. The van der Waals surface area contributed by atoms with Gasteiger partial charge in [0.1, 0.15) is 0 Å². The van der Waals surface area contributed by atoms with Crippen molar-refractivity contribution in [1.29, 1.82) is 0 Å². The molecule has 0 N–H and O–H groups in total. The van der Waals surface area contributed by atoms with Crippen LogP contribution in [0.5, 0.6) is 0 Å². The van der Waals surface area contributed by atoms with Gasteiger partial charge >= 0.3 is 0 Å². The molecule has 0 radical (unpaired) electrons. The Balaban J connectivity index is 1.80. The summed E-state index contributed by atoms with van der Waals surface area (Å²) in [6, 6.07) is 0. The van der Waals surface area contributed by atoms with Gasteiger partial charge in [0, 0.05) is 0 Å². The van der Waals surface area contributed by atoms with E-state index in [9.17, 15) is 0 Å². The van der Waals surface area contributed by atoms with Crippen LogP contribution in [0.1, 0.15) is 32.1 Å². The van der Waals surface area contributed by atoms with Crippen molar-refractivity contribution in [3.63, 3.8) is 0 Å². The average Bonchev–Trinajstić information content (AvgIpc) is 2.46. The Labute approximate surface area is 56.6 Å². The van der Waals surface area contributed by atoms with Gasteiger partial charge in [-0.25, -0.2) is 0 Å². The fourth-order valence-corrected chi connectivity index (χ4v) is 3.19. The van der Waals surface area contributed by atoms with Crippen molar-refractivity contribution in [2.45, 2.75) is 32.1 Å². The molecule has 4 fully saturated rings. The van der Waals surface area contributed by atoms with Gasteiger partial charge in [0.05, 0.1) is 0 Å². The zero-order valence-electron chi connectivity index (χ0n) is 5.84. The van der Waals surface area contributed by atoms with Crippen LogP contribution in [0.25, 0.3) is 0 Å². The Morgan fingerprint density at radius 3 is 1.67 bits per heavy atom. The average molecular weight is 122 g/mol. The molecule has 50 valence electrons. The molecule has 0 aromatic carbocycles. The number of fused-ring (bicyclic) bond motifs is 1. The van der Waals surface area contributed by atoms with Crippen molar-refractivity contribution >= 4 is 0 Å². The standard InChI is InChI=1S/C9H14/c1-2-6(1)9-7-3-4-8(9)5-7/h6-9H,1-5H2. The van der Waals surface area contributed by atoms with Crippen molar-refractivity contribution in [1.82, 2.24) is 0 Å². The molecule has 9 heavy (non-hydrogen) atoms. The minimum atomic E-state index is 1.21. The van der Waals surface area contributed by atoms with E-state index in [-0.39, 0.29) is 0 Å². The van der Waals surface area contributed by atoms with E-state index in [1.165, 1.54) is 23.7 Å². The Bertz CT molecular complexity index is 121. The molecular formula is C9H14. The van der Waals surface area contributed by atoms with Crippen LogP contribution in [0.2, 0.25) is 0 Å². The van der Waals surface area contributed by atoms with Crippen molar-refractivity contribution in [3.05, 3.63) is 0 Å². The molecule has 2 bridgehead atoms. The van der Waals surface area contributed by atoms with Crippen LogP contribution in [0.15, 0.2) is 0 Å². The second-order valence-corrected chi connectivity index (χ2v) is 4.25. The summed E-state index contributed by atoms with van der Waals surface area (Å²) < 4.78 is 0. The maximum Gasteiger partial charge on any atom is -0.0329 e. The first-order valence-electron chi connectivity index (χ1n) is 4.45. The molecule has 0 heterocycles. The lowest BCUT2D eigenvalue weighted by Gasteiger charge is -2.35. The fourth-order valence-electron chi connectivity index (χ4n) is 3.19. The maximum atomic E-state index is 1.61. The Morgan fingerprint density at radius 1 is 0.667 bits per heavy atom. The minimum Gasteiger partial charge on any atom is -0.0499 e. The quantitative estimate of drug-likeness (QED) is 0.501. The van der Waals surface area contributed by atoms with Gasteiger partial charge < -0.3 is 0 Å². The summed E-state index contributed by atoms with van der Waals surface area (Å²) in [5.41, 5.74) is 0. The normalized spacial score (nSPS) is 55.3. The van der Waals surface area contributed by atoms with Crippen LogP contribution in [-0.4, -0.2) is 0 Å². The molecule has 0 aliphatic heterocycles. The smallest absolute Gasteiger partial charge is 0.0329 e. The molecule has 4 aliphatic carbocycles. The molecule has 4 saturated carbocycles. The molecule has 0 nitrogen and oxygen atoms in total. The molecular weight excluding hydrogens is 108 g/mol. The van der Waals surface area contributed by atoms with E-state index < -0.39 is 0 Å². The Hall–Kier alpha value is 0. The highest BCUT2D eigenvalue weighted by Gasteiger charge is 2.52. The number of rotatable bonds is 1. The molecule has 0 aromatic heterocycles. The van der Waals surface area contributed by atoms with Gasteiger partial charge in [0.25, 0.3) is 0 Å². The van der Waals surface area contributed by atoms with E-state index >= 15 is 0 Å². The van der Waals surface area contributed by atoms with Crippen LogP contribution >= 0.6 is 0 Å². The molecule has 0 aromatic rings. The van der Waals surface area contributed by atoms with Crippen LogP contribution in [-0.2, 0) is 0 Å². The molecule has 2 unspecified atom stereocenters. The summed E-state index contributed by atoms with van der Waals surface area (Å²) in [5, 5.41) is 0. The van der Waals surface area contributed by atoms with E-state index in [0.717, 1.165) is 0 Å². The summed E-state index contributed by atoms with van der Waals surface area (Å²) >= 11 is 0. The molecule has 2 atom stereocenters. The first kappa shape index (κ1) is 4.76. The Kier molecular flexibility index (Phi) is 0.717. The van der Waals surface area contributed by atoms with Crippen LogP contribution in [0.3, 0.4) is 0 Å². The number of hydrogen-bond acceptors (Lipinski definition) is 0. The first-order valence-corrected chi connectivity index (χ1v) is 4.45. The van der Waals surface area contributed by atoms with Crippen LogP contribution in [0, 0.1) is 23.7 Å². The van der Waals surface area contributed by atoms with E-state index in [1.54, 1.807) is 32.1 Å². The highest BCUT2D eigenvalue weighted by atomic mass is 14.6. The topological polar surface area (TPSA) is 0 Å². The lowest BCUT2D eigenvalue weighted by atomic mass is 9.69. The van der Waals surface area contributed by atoms with Crippen molar-refractivity contribution in [2.24, 2.45) is 23.7 Å². The second-order valence-electron chi connectivity index (χ2n) is 4.25. The first-order chi connectivity index (χ1) is 4.45. The van der Waals surface area contributed by atoms with Gasteiger partial charge in [-0.2, -0.15) is 0 Å². The van der Waals surface area contributed by atoms with E-state index in [2.05, 4.69) is 0 Å². The van der Waals surface area contributed by atoms with E-state index in [0.29, 0.717) is 0 Å². The summed E-state index contributed by atoms with van der Waals surface area (Å²) in [7, 11) is 0. The van der Waals surface area contributed by atoms with E-state index in [1.807, 2.05) is 0 Å². The van der Waals surface area contributed by atoms with Crippen LogP contribution < -0.4 is 0 Å². The van der Waals surface area contributed by atoms with Gasteiger partial charge in [-0.1, -0.05) is 0 Å². The molecule has 4 aliphatic rings. The van der Waals surface area contributed by atoms with Crippen molar-refractivity contribution < 1.29 is 0 Å². The van der Waals surface area contributed by atoms with E-state index in [4.69, 9.17) is 0 Å². The lowest BCUT2D eigenvalue weighted by molar-refractivity contribution is 0.131. The largest absolute Gasteiger partial charge is 0.0499 e. The predicted molar refractivity (Wildman–Crippen MR) is 37.0 cm³/mol. The van der Waals surface area contributed by atoms with Crippen molar-refractivity contribution in [3.8, 4) is 0 Å². The maximum absolute atomic E-state index is 1.61. The molecule has 4 rings (SSSR count). The Morgan fingerprint density at radius 2 is 1.22 bits per heavy atom. The third-order valence-electron chi connectivity index (χ3n) is 3.77. The summed E-state index contributed by atoms with van der Waals surface area (Å²) in [6.07, 6.45) is 7.95. The van der Waals surface area contributed by atoms with Crippen LogP contribution in [0.4, 0.5) is 0 Å². The minimum absolute atomic E-state index is 1.21. The highest BCUT2D eigenvalue weighted by molar-refractivity contribution is 5.02. The van der Waals surface area contributed by atoms with Gasteiger partial charge in [0.2, 0.25) is 0 Å². The van der Waals surface area contributed by atoms with Gasteiger partial charge in [-0.15, -0.1) is 0 Å². The molecule has 0 spiro atoms. The SMILES string of the molecule is C1CC1C1C2CCC1C2. The molecule has 0 amide bonds. The lowest BCUT2D eigenvalue weighted by Crippen LogP contribution is -2.29. The fraction of sp³-hybridized carbons (Fsp3) is 1.00. The highest BCUT2D eigenvalue weighted by Crippen LogP contribution is 2.61. The third-order valence-corrected chi connectivity index (χ3v) is 3.77. The molecule has 0 saturated heterocycles.